The lowest BCUT2D eigenvalue weighted by Gasteiger charge is -2.34. The van der Waals surface area contributed by atoms with Crippen LogP contribution >= 0.6 is 0 Å². The summed E-state index contributed by atoms with van der Waals surface area (Å²) < 4.78 is 5.31. The third-order valence-corrected chi connectivity index (χ3v) is 3.93. The molecule has 5 heteroatoms. The fraction of sp³-hybridized carbons (Fsp3) is 0.529. The Labute approximate surface area is 131 Å². The molecule has 2 N–H and O–H groups in total. The molecule has 1 heterocycles. The minimum absolute atomic E-state index is 0.178. The molecule has 1 fully saturated rings. The number of likely N-dealkylation sites (tertiary alicyclic amines) is 1. The van der Waals surface area contributed by atoms with Crippen molar-refractivity contribution in [3.8, 4) is 0 Å². The Kier molecular flexibility index (Phi) is 6.40. The molecule has 0 unspecified atom stereocenters. The summed E-state index contributed by atoms with van der Waals surface area (Å²) in [4.78, 5) is 25.1. The largest absolute Gasteiger partial charge is 0.465 e. The molecule has 1 aliphatic heterocycles. The Balaban J connectivity index is 1.86. The number of ether oxygens (including phenoxy) is 1. The molecule has 1 amide bonds. The van der Waals surface area contributed by atoms with E-state index < -0.39 is 0 Å². The molecule has 0 saturated carbocycles. The number of amides is 1. The van der Waals surface area contributed by atoms with E-state index in [1.54, 1.807) is 0 Å². The summed E-state index contributed by atoms with van der Waals surface area (Å²) in [5.74, 6) is -0.542. The highest BCUT2D eigenvalue weighted by Gasteiger charge is 2.29. The summed E-state index contributed by atoms with van der Waals surface area (Å²) in [7, 11) is 0. The van der Waals surface area contributed by atoms with Crippen molar-refractivity contribution < 1.29 is 14.3 Å². The minimum atomic E-state index is -0.362. The number of carbonyl (C=O) groups is 2. The van der Waals surface area contributed by atoms with Crippen LogP contribution in [0, 0.1) is 0 Å². The van der Waals surface area contributed by atoms with Crippen molar-refractivity contribution in [2.45, 2.75) is 44.7 Å². The summed E-state index contributed by atoms with van der Waals surface area (Å²) >= 11 is 0. The molecule has 1 saturated heterocycles. The van der Waals surface area contributed by atoms with E-state index in [-0.39, 0.29) is 30.9 Å². The molecule has 5 nitrogen and oxygen atoms in total. The van der Waals surface area contributed by atoms with Crippen LogP contribution in [0.4, 0.5) is 0 Å². The Hall–Kier alpha value is -1.88. The zero-order valence-electron chi connectivity index (χ0n) is 12.9. The molecular formula is C17H24N2O3. The first-order valence-electron chi connectivity index (χ1n) is 7.90. The van der Waals surface area contributed by atoms with Crippen LogP contribution in [-0.2, 0) is 20.9 Å². The highest BCUT2D eigenvalue weighted by molar-refractivity contribution is 5.76. The zero-order valence-corrected chi connectivity index (χ0v) is 12.9. The molecule has 2 rings (SSSR count). The molecule has 0 bridgehead atoms. The molecule has 0 spiro atoms. The summed E-state index contributed by atoms with van der Waals surface area (Å²) in [6.07, 6.45) is 3.74. The van der Waals surface area contributed by atoms with Crippen LogP contribution in [-0.4, -0.2) is 36.0 Å². The van der Waals surface area contributed by atoms with Gasteiger partial charge in [-0.25, -0.2) is 0 Å². The molecular weight excluding hydrogens is 280 g/mol. The van der Waals surface area contributed by atoms with Crippen LogP contribution in [0.3, 0.4) is 0 Å². The van der Waals surface area contributed by atoms with Gasteiger partial charge in [0, 0.05) is 13.0 Å². The highest BCUT2D eigenvalue weighted by Crippen LogP contribution is 2.20. The minimum Gasteiger partial charge on any atom is -0.465 e. The Morgan fingerprint density at radius 3 is 2.73 bits per heavy atom. The average molecular weight is 304 g/mol. The smallest absolute Gasteiger partial charge is 0.323 e. The number of piperidine rings is 1. The van der Waals surface area contributed by atoms with E-state index >= 15 is 0 Å². The lowest BCUT2D eigenvalue weighted by molar-refractivity contribution is -0.152. The third-order valence-electron chi connectivity index (χ3n) is 3.93. The van der Waals surface area contributed by atoms with Crippen LogP contribution in [0.25, 0.3) is 0 Å². The number of esters is 1. The summed E-state index contributed by atoms with van der Waals surface area (Å²) in [5.41, 5.74) is 6.28. The second-order valence-electron chi connectivity index (χ2n) is 5.71. The second-order valence-corrected chi connectivity index (χ2v) is 5.71. The Morgan fingerprint density at radius 2 is 2.00 bits per heavy atom. The molecule has 0 aromatic heterocycles. The van der Waals surface area contributed by atoms with E-state index in [0.29, 0.717) is 6.42 Å². The van der Waals surface area contributed by atoms with Gasteiger partial charge in [0.25, 0.3) is 0 Å². The predicted octanol–water partition coefficient (Wildman–Crippen LogP) is 1.85. The number of carbonyl (C=O) groups excluding carboxylic acids is 2. The van der Waals surface area contributed by atoms with Gasteiger partial charge in [-0.2, -0.15) is 0 Å². The number of primary amides is 1. The Morgan fingerprint density at radius 1 is 1.23 bits per heavy atom. The second kappa shape index (κ2) is 8.54. The van der Waals surface area contributed by atoms with Gasteiger partial charge in [-0.15, -0.1) is 0 Å². The van der Waals surface area contributed by atoms with Crippen molar-refractivity contribution in [3.05, 3.63) is 35.9 Å². The van der Waals surface area contributed by atoms with Gasteiger partial charge in [0.05, 0.1) is 6.61 Å². The first kappa shape index (κ1) is 16.5. The van der Waals surface area contributed by atoms with Crippen LogP contribution in [0.5, 0.6) is 0 Å². The SMILES string of the molecule is NC(=O)CCCOC(=O)[C@@H]1CCCCN1Cc1ccccc1. The lowest BCUT2D eigenvalue weighted by Crippen LogP contribution is -2.45. The topological polar surface area (TPSA) is 72.6 Å². The van der Waals surface area contributed by atoms with E-state index in [0.717, 1.165) is 32.4 Å². The lowest BCUT2D eigenvalue weighted by atomic mass is 10.0. The number of hydrogen-bond acceptors (Lipinski definition) is 4. The number of benzene rings is 1. The van der Waals surface area contributed by atoms with Gasteiger partial charge in [-0.1, -0.05) is 36.8 Å². The fourth-order valence-corrected chi connectivity index (χ4v) is 2.78. The van der Waals surface area contributed by atoms with E-state index in [2.05, 4.69) is 17.0 Å². The Bertz CT molecular complexity index is 490. The monoisotopic (exact) mass is 304 g/mol. The standard InChI is InChI=1S/C17H24N2O3/c18-16(20)10-6-12-22-17(21)15-9-4-5-11-19(15)13-14-7-2-1-3-8-14/h1-3,7-8,15H,4-6,9-13H2,(H2,18,20)/t15-/m0/s1. The summed E-state index contributed by atoms with van der Waals surface area (Å²) in [5, 5.41) is 0. The van der Waals surface area contributed by atoms with Crippen LogP contribution in [0.2, 0.25) is 0 Å². The van der Waals surface area contributed by atoms with Gasteiger partial charge in [-0.05, 0) is 31.4 Å². The van der Waals surface area contributed by atoms with Crippen LogP contribution < -0.4 is 5.73 Å². The van der Waals surface area contributed by atoms with Gasteiger partial charge < -0.3 is 10.5 Å². The molecule has 0 radical (unpaired) electrons. The molecule has 1 aromatic carbocycles. The van der Waals surface area contributed by atoms with Gasteiger partial charge in [0.15, 0.2) is 0 Å². The van der Waals surface area contributed by atoms with Crippen molar-refractivity contribution in [1.29, 1.82) is 0 Å². The maximum atomic E-state index is 12.3. The summed E-state index contributed by atoms with van der Waals surface area (Å²) in [6, 6.07) is 9.98. The van der Waals surface area contributed by atoms with E-state index in [1.165, 1.54) is 5.56 Å². The number of nitrogens with two attached hydrogens (primary N) is 1. The van der Waals surface area contributed by atoms with Gasteiger partial charge in [-0.3, -0.25) is 14.5 Å². The molecule has 1 atom stereocenters. The molecule has 120 valence electrons. The maximum Gasteiger partial charge on any atom is 0.323 e. The fourth-order valence-electron chi connectivity index (χ4n) is 2.78. The zero-order chi connectivity index (χ0) is 15.8. The van der Waals surface area contributed by atoms with E-state index in [1.807, 2.05) is 18.2 Å². The quantitative estimate of drug-likeness (QED) is 0.616. The molecule has 1 aliphatic rings. The van der Waals surface area contributed by atoms with Gasteiger partial charge >= 0.3 is 5.97 Å². The van der Waals surface area contributed by atoms with Crippen molar-refractivity contribution in [1.82, 2.24) is 4.90 Å². The van der Waals surface area contributed by atoms with Crippen molar-refractivity contribution >= 4 is 11.9 Å². The van der Waals surface area contributed by atoms with E-state index in [4.69, 9.17) is 10.5 Å². The number of nitrogens with zero attached hydrogens (tertiary/aromatic N) is 1. The van der Waals surface area contributed by atoms with Gasteiger partial charge in [0.2, 0.25) is 5.91 Å². The molecule has 1 aromatic rings. The average Bonchev–Trinajstić information content (AvgIpc) is 2.53. The van der Waals surface area contributed by atoms with Crippen molar-refractivity contribution in [3.63, 3.8) is 0 Å². The van der Waals surface area contributed by atoms with Crippen LogP contribution in [0.1, 0.15) is 37.7 Å². The van der Waals surface area contributed by atoms with Gasteiger partial charge in [0.1, 0.15) is 6.04 Å². The van der Waals surface area contributed by atoms with Crippen LogP contribution in [0.15, 0.2) is 30.3 Å². The number of hydrogen-bond donors (Lipinski definition) is 1. The highest BCUT2D eigenvalue weighted by atomic mass is 16.5. The first-order valence-corrected chi connectivity index (χ1v) is 7.90. The first-order chi connectivity index (χ1) is 10.7. The summed E-state index contributed by atoms with van der Waals surface area (Å²) in [6.45, 7) is 1.94. The van der Waals surface area contributed by atoms with Crippen molar-refractivity contribution in [2.24, 2.45) is 5.73 Å². The van der Waals surface area contributed by atoms with Crippen molar-refractivity contribution in [2.75, 3.05) is 13.2 Å². The van der Waals surface area contributed by atoms with E-state index in [9.17, 15) is 9.59 Å². The number of rotatable bonds is 7. The third kappa shape index (κ3) is 5.15. The molecule has 22 heavy (non-hydrogen) atoms. The predicted molar refractivity (Wildman–Crippen MR) is 83.9 cm³/mol. The molecule has 0 aliphatic carbocycles. The maximum absolute atomic E-state index is 12.3. The normalized spacial score (nSPS) is 18.8.